The predicted molar refractivity (Wildman–Crippen MR) is 65.0 cm³/mol. The summed E-state index contributed by atoms with van der Waals surface area (Å²) >= 11 is 0. The Morgan fingerprint density at radius 3 is 2.24 bits per heavy atom. The van der Waals surface area contributed by atoms with Crippen molar-refractivity contribution in [1.82, 2.24) is 4.90 Å². The number of aliphatic carboxylic acids is 1. The Balaban J connectivity index is 1.72. The van der Waals surface area contributed by atoms with E-state index in [4.69, 9.17) is 9.84 Å². The van der Waals surface area contributed by atoms with Crippen molar-refractivity contribution in [3.8, 4) is 0 Å². The Labute approximate surface area is 103 Å². The van der Waals surface area contributed by atoms with E-state index >= 15 is 0 Å². The van der Waals surface area contributed by atoms with Crippen LogP contribution in [0.2, 0.25) is 0 Å². The lowest BCUT2D eigenvalue weighted by Crippen LogP contribution is -2.46. The number of carboxylic acid groups (broad SMARTS) is 1. The van der Waals surface area contributed by atoms with Crippen molar-refractivity contribution in [2.45, 2.75) is 63.7 Å². The van der Waals surface area contributed by atoms with Gasteiger partial charge in [-0.25, -0.2) is 0 Å². The van der Waals surface area contributed by atoms with Gasteiger partial charge in [0.2, 0.25) is 0 Å². The zero-order valence-corrected chi connectivity index (χ0v) is 10.6. The number of hydrogen-bond acceptors (Lipinski definition) is 3. The molecule has 2 aliphatic rings. The molecule has 0 radical (unpaired) electrons. The molecule has 1 aliphatic heterocycles. The van der Waals surface area contributed by atoms with Gasteiger partial charge in [0.1, 0.15) is 6.04 Å². The highest BCUT2D eigenvalue weighted by Gasteiger charge is 2.28. The molecule has 1 unspecified atom stereocenters. The van der Waals surface area contributed by atoms with Gasteiger partial charge in [0.05, 0.1) is 12.2 Å². The van der Waals surface area contributed by atoms with Crippen LogP contribution in [0.15, 0.2) is 0 Å². The van der Waals surface area contributed by atoms with Gasteiger partial charge >= 0.3 is 5.97 Å². The summed E-state index contributed by atoms with van der Waals surface area (Å²) in [6, 6.07) is -0.359. The van der Waals surface area contributed by atoms with E-state index in [0.29, 0.717) is 12.2 Å². The molecule has 1 heterocycles. The quantitative estimate of drug-likeness (QED) is 0.816. The van der Waals surface area contributed by atoms with Crippen molar-refractivity contribution < 1.29 is 14.6 Å². The maximum atomic E-state index is 10.9. The second-order valence-electron chi connectivity index (χ2n) is 5.29. The average molecular weight is 241 g/mol. The van der Waals surface area contributed by atoms with Crippen LogP contribution in [0.5, 0.6) is 0 Å². The molecule has 0 aromatic carbocycles. The van der Waals surface area contributed by atoms with Gasteiger partial charge in [-0.2, -0.15) is 0 Å². The first kappa shape index (κ1) is 12.8. The molecule has 1 aliphatic carbocycles. The minimum atomic E-state index is -0.722. The summed E-state index contributed by atoms with van der Waals surface area (Å²) < 4.78 is 6.07. The van der Waals surface area contributed by atoms with Crippen LogP contribution < -0.4 is 0 Å². The fraction of sp³-hybridized carbons (Fsp3) is 0.923. The van der Waals surface area contributed by atoms with E-state index in [1.165, 1.54) is 25.7 Å². The summed E-state index contributed by atoms with van der Waals surface area (Å²) in [7, 11) is 0. The summed E-state index contributed by atoms with van der Waals surface area (Å²) in [5.74, 6) is -0.722. The molecule has 1 N–H and O–H groups in total. The molecule has 0 aromatic rings. The Kier molecular flexibility index (Phi) is 4.40. The van der Waals surface area contributed by atoms with Crippen molar-refractivity contribution in [3.05, 3.63) is 0 Å². The fourth-order valence-corrected chi connectivity index (χ4v) is 2.85. The number of likely N-dealkylation sites (tertiary alicyclic amines) is 1. The number of carbonyl (C=O) groups is 1. The smallest absolute Gasteiger partial charge is 0.320 e. The average Bonchev–Trinajstić information content (AvgIpc) is 2.82. The van der Waals surface area contributed by atoms with Crippen LogP contribution in [0.1, 0.15) is 45.4 Å². The van der Waals surface area contributed by atoms with Gasteiger partial charge in [-0.05, 0) is 32.6 Å². The zero-order chi connectivity index (χ0) is 12.3. The standard InChI is InChI=1S/C13H23NO3/c1-10(13(15)16)14-8-6-12(7-9-14)17-11-4-2-3-5-11/h10-12H,2-9H2,1H3,(H,15,16). The summed E-state index contributed by atoms with van der Waals surface area (Å²) in [6.45, 7) is 3.47. The first-order valence-corrected chi connectivity index (χ1v) is 6.79. The lowest BCUT2D eigenvalue weighted by molar-refractivity contribution is -0.144. The van der Waals surface area contributed by atoms with Crippen molar-refractivity contribution in [1.29, 1.82) is 0 Å². The van der Waals surface area contributed by atoms with Crippen LogP contribution in [-0.2, 0) is 9.53 Å². The molecule has 0 spiro atoms. The van der Waals surface area contributed by atoms with Crippen LogP contribution >= 0.6 is 0 Å². The molecule has 17 heavy (non-hydrogen) atoms. The number of nitrogens with zero attached hydrogens (tertiary/aromatic N) is 1. The summed E-state index contributed by atoms with van der Waals surface area (Å²) in [5.41, 5.74) is 0. The molecule has 4 heteroatoms. The topological polar surface area (TPSA) is 49.8 Å². The molecule has 2 fully saturated rings. The predicted octanol–water partition coefficient (Wildman–Crippen LogP) is 1.88. The monoisotopic (exact) mass is 241 g/mol. The molecule has 2 rings (SSSR count). The highest BCUT2D eigenvalue weighted by Crippen LogP contribution is 2.25. The molecule has 1 atom stereocenters. The van der Waals surface area contributed by atoms with Crippen LogP contribution in [0, 0.1) is 0 Å². The van der Waals surface area contributed by atoms with Crippen LogP contribution in [0.25, 0.3) is 0 Å². The lowest BCUT2D eigenvalue weighted by atomic mass is 10.1. The van der Waals surface area contributed by atoms with Crippen LogP contribution in [-0.4, -0.2) is 47.3 Å². The van der Waals surface area contributed by atoms with Crippen molar-refractivity contribution in [2.24, 2.45) is 0 Å². The molecule has 0 amide bonds. The lowest BCUT2D eigenvalue weighted by Gasteiger charge is -2.35. The third-order valence-corrected chi connectivity index (χ3v) is 4.07. The van der Waals surface area contributed by atoms with Gasteiger partial charge in [0.25, 0.3) is 0 Å². The van der Waals surface area contributed by atoms with Crippen LogP contribution in [0.3, 0.4) is 0 Å². The molecular formula is C13H23NO3. The minimum absolute atomic E-state index is 0.357. The highest BCUT2D eigenvalue weighted by atomic mass is 16.5. The van der Waals surface area contributed by atoms with Crippen molar-refractivity contribution >= 4 is 5.97 Å². The zero-order valence-electron chi connectivity index (χ0n) is 10.6. The SMILES string of the molecule is CC(C(=O)O)N1CCC(OC2CCCC2)CC1. The van der Waals surface area contributed by atoms with Crippen molar-refractivity contribution in [2.75, 3.05) is 13.1 Å². The van der Waals surface area contributed by atoms with E-state index in [2.05, 4.69) is 0 Å². The van der Waals surface area contributed by atoms with E-state index in [9.17, 15) is 4.79 Å². The Morgan fingerprint density at radius 2 is 1.71 bits per heavy atom. The fourth-order valence-electron chi connectivity index (χ4n) is 2.85. The number of piperidine rings is 1. The third-order valence-electron chi connectivity index (χ3n) is 4.07. The maximum absolute atomic E-state index is 10.9. The van der Waals surface area contributed by atoms with E-state index in [1.807, 2.05) is 4.90 Å². The van der Waals surface area contributed by atoms with E-state index in [1.54, 1.807) is 6.92 Å². The molecule has 0 aromatic heterocycles. The van der Waals surface area contributed by atoms with E-state index in [0.717, 1.165) is 25.9 Å². The number of rotatable bonds is 4. The number of carboxylic acids is 1. The normalized spacial score (nSPS) is 26.2. The van der Waals surface area contributed by atoms with Gasteiger partial charge in [-0.1, -0.05) is 12.8 Å². The Hall–Kier alpha value is -0.610. The number of ether oxygens (including phenoxy) is 1. The second kappa shape index (κ2) is 5.83. The summed E-state index contributed by atoms with van der Waals surface area (Å²) in [4.78, 5) is 12.9. The molecule has 1 saturated carbocycles. The molecule has 1 saturated heterocycles. The molecule has 98 valence electrons. The van der Waals surface area contributed by atoms with Crippen LogP contribution in [0.4, 0.5) is 0 Å². The minimum Gasteiger partial charge on any atom is -0.480 e. The number of hydrogen-bond donors (Lipinski definition) is 1. The summed E-state index contributed by atoms with van der Waals surface area (Å²) in [6.07, 6.45) is 7.83. The first-order chi connectivity index (χ1) is 8.16. The Morgan fingerprint density at radius 1 is 1.18 bits per heavy atom. The van der Waals surface area contributed by atoms with Crippen molar-refractivity contribution in [3.63, 3.8) is 0 Å². The largest absolute Gasteiger partial charge is 0.480 e. The molecule has 4 nitrogen and oxygen atoms in total. The maximum Gasteiger partial charge on any atom is 0.320 e. The second-order valence-corrected chi connectivity index (χ2v) is 5.29. The van der Waals surface area contributed by atoms with E-state index < -0.39 is 5.97 Å². The van der Waals surface area contributed by atoms with Gasteiger partial charge in [0, 0.05) is 13.1 Å². The van der Waals surface area contributed by atoms with E-state index in [-0.39, 0.29) is 6.04 Å². The van der Waals surface area contributed by atoms with Gasteiger partial charge in [-0.15, -0.1) is 0 Å². The third kappa shape index (κ3) is 3.42. The Bertz CT molecular complexity index is 255. The molecule has 0 bridgehead atoms. The van der Waals surface area contributed by atoms with Gasteiger partial charge in [-0.3, -0.25) is 9.69 Å². The van der Waals surface area contributed by atoms with Gasteiger partial charge < -0.3 is 9.84 Å². The first-order valence-electron chi connectivity index (χ1n) is 6.79. The summed E-state index contributed by atoms with van der Waals surface area (Å²) in [5, 5.41) is 8.96. The molecular weight excluding hydrogens is 218 g/mol. The highest BCUT2D eigenvalue weighted by molar-refractivity contribution is 5.72. The van der Waals surface area contributed by atoms with Gasteiger partial charge in [0.15, 0.2) is 0 Å².